The smallest absolute Gasteiger partial charge is 0.140 e. The lowest BCUT2D eigenvalue weighted by Crippen LogP contribution is -2.22. The van der Waals surface area contributed by atoms with Crippen LogP contribution in [0.2, 0.25) is 0 Å². The van der Waals surface area contributed by atoms with Crippen LogP contribution in [-0.2, 0) is 0 Å². The number of halogens is 1. The van der Waals surface area contributed by atoms with Gasteiger partial charge >= 0.3 is 0 Å². The van der Waals surface area contributed by atoms with Crippen molar-refractivity contribution >= 4 is 21.7 Å². The summed E-state index contributed by atoms with van der Waals surface area (Å²) in [7, 11) is 0. The van der Waals surface area contributed by atoms with Crippen molar-refractivity contribution in [3.05, 3.63) is 22.3 Å². The average molecular weight is 284 g/mol. The summed E-state index contributed by atoms with van der Waals surface area (Å²) < 4.78 is 1.06. The second-order valence-corrected chi connectivity index (χ2v) is 5.22. The molecule has 0 aliphatic carbocycles. The van der Waals surface area contributed by atoms with Crippen LogP contribution in [0.4, 0.5) is 5.82 Å². The predicted molar refractivity (Wildman–Crippen MR) is 70.8 cm³/mol. The molecule has 1 aliphatic rings. The number of rotatable bonds is 2. The van der Waals surface area contributed by atoms with Crippen LogP contribution in [0, 0.1) is 6.92 Å². The summed E-state index contributed by atoms with van der Waals surface area (Å²) in [4.78, 5) is 4.42. The molecule has 2 rings (SSSR count). The Kier molecular flexibility index (Phi) is 4.18. The van der Waals surface area contributed by atoms with Crippen LogP contribution in [0.3, 0.4) is 0 Å². The lowest BCUT2D eigenvalue weighted by Gasteiger charge is -2.17. The van der Waals surface area contributed by atoms with E-state index in [0.717, 1.165) is 23.4 Å². The van der Waals surface area contributed by atoms with Gasteiger partial charge < -0.3 is 10.6 Å². The first kappa shape index (κ1) is 11.9. The van der Waals surface area contributed by atoms with Crippen LogP contribution in [-0.4, -0.2) is 24.1 Å². The van der Waals surface area contributed by atoms with E-state index >= 15 is 0 Å². The van der Waals surface area contributed by atoms with Gasteiger partial charge in [0.05, 0.1) is 4.47 Å². The van der Waals surface area contributed by atoms with E-state index in [0.29, 0.717) is 6.04 Å². The molecular weight excluding hydrogens is 266 g/mol. The van der Waals surface area contributed by atoms with Crippen LogP contribution in [0.1, 0.15) is 24.8 Å². The summed E-state index contributed by atoms with van der Waals surface area (Å²) in [5, 5.41) is 6.93. The maximum Gasteiger partial charge on any atom is 0.140 e. The third-order valence-electron chi connectivity index (χ3n) is 2.89. The molecule has 1 fully saturated rings. The Balaban J connectivity index is 2.01. The Morgan fingerprint density at radius 2 is 2.31 bits per heavy atom. The minimum atomic E-state index is 0.543. The van der Waals surface area contributed by atoms with Crippen molar-refractivity contribution in [2.75, 3.05) is 18.4 Å². The standard InChI is InChI=1S/C12H18BrN3/c1-9-7-11(13)12(15-8-9)16-10-3-2-5-14-6-4-10/h7-8,10,14H,2-6H2,1H3,(H,15,16). The Hall–Kier alpha value is -0.610. The van der Waals surface area contributed by atoms with Crippen molar-refractivity contribution in [3.8, 4) is 0 Å². The third kappa shape index (κ3) is 3.19. The van der Waals surface area contributed by atoms with Crippen LogP contribution in [0.25, 0.3) is 0 Å². The molecule has 4 heteroatoms. The van der Waals surface area contributed by atoms with Crippen molar-refractivity contribution in [1.29, 1.82) is 0 Å². The Morgan fingerprint density at radius 3 is 3.12 bits per heavy atom. The first-order valence-corrected chi connectivity index (χ1v) is 6.64. The molecule has 3 nitrogen and oxygen atoms in total. The highest BCUT2D eigenvalue weighted by Crippen LogP contribution is 2.22. The van der Waals surface area contributed by atoms with E-state index < -0.39 is 0 Å². The number of aryl methyl sites for hydroxylation is 1. The quantitative estimate of drug-likeness (QED) is 0.876. The largest absolute Gasteiger partial charge is 0.366 e. The maximum atomic E-state index is 4.42. The summed E-state index contributed by atoms with van der Waals surface area (Å²) in [5.41, 5.74) is 1.18. The fraction of sp³-hybridized carbons (Fsp3) is 0.583. The molecule has 1 aromatic rings. The van der Waals surface area contributed by atoms with E-state index in [1.165, 1.54) is 24.8 Å². The summed E-state index contributed by atoms with van der Waals surface area (Å²) in [6.07, 6.45) is 5.53. The monoisotopic (exact) mass is 283 g/mol. The zero-order valence-electron chi connectivity index (χ0n) is 9.59. The van der Waals surface area contributed by atoms with Gasteiger partial charge in [0.25, 0.3) is 0 Å². The maximum absolute atomic E-state index is 4.42. The number of hydrogen-bond acceptors (Lipinski definition) is 3. The van der Waals surface area contributed by atoms with Gasteiger partial charge in [-0.3, -0.25) is 0 Å². The minimum Gasteiger partial charge on any atom is -0.366 e. The zero-order chi connectivity index (χ0) is 11.4. The molecule has 1 unspecified atom stereocenters. The molecule has 1 saturated heterocycles. The third-order valence-corrected chi connectivity index (χ3v) is 3.50. The van der Waals surface area contributed by atoms with Crippen LogP contribution >= 0.6 is 15.9 Å². The van der Waals surface area contributed by atoms with Gasteiger partial charge in [-0.15, -0.1) is 0 Å². The molecule has 0 radical (unpaired) electrons. The average Bonchev–Trinajstić information content (AvgIpc) is 2.51. The van der Waals surface area contributed by atoms with Gasteiger partial charge in [-0.05, 0) is 66.8 Å². The van der Waals surface area contributed by atoms with Gasteiger partial charge in [-0.1, -0.05) is 0 Å². The lowest BCUT2D eigenvalue weighted by molar-refractivity contribution is 0.634. The molecule has 16 heavy (non-hydrogen) atoms. The van der Waals surface area contributed by atoms with Gasteiger partial charge in [0.2, 0.25) is 0 Å². The Labute approximate surface area is 105 Å². The molecule has 0 spiro atoms. The molecule has 0 aromatic carbocycles. The van der Waals surface area contributed by atoms with Crippen molar-refractivity contribution < 1.29 is 0 Å². The highest BCUT2D eigenvalue weighted by molar-refractivity contribution is 9.10. The topological polar surface area (TPSA) is 37.0 Å². The van der Waals surface area contributed by atoms with Gasteiger partial charge in [0.1, 0.15) is 5.82 Å². The number of nitrogens with zero attached hydrogens (tertiary/aromatic N) is 1. The second kappa shape index (κ2) is 5.64. The molecule has 0 amide bonds. The van der Waals surface area contributed by atoms with Gasteiger partial charge in [0.15, 0.2) is 0 Å². The normalized spacial score (nSPS) is 21.5. The molecule has 0 bridgehead atoms. The van der Waals surface area contributed by atoms with E-state index in [2.05, 4.69) is 44.5 Å². The van der Waals surface area contributed by atoms with Gasteiger partial charge in [0, 0.05) is 12.2 Å². The van der Waals surface area contributed by atoms with E-state index in [9.17, 15) is 0 Å². The first-order chi connectivity index (χ1) is 7.75. The second-order valence-electron chi connectivity index (χ2n) is 4.37. The predicted octanol–water partition coefficient (Wildman–Crippen LogP) is 2.71. The van der Waals surface area contributed by atoms with Gasteiger partial charge in [-0.25, -0.2) is 4.98 Å². The van der Waals surface area contributed by atoms with Crippen molar-refractivity contribution in [3.63, 3.8) is 0 Å². The molecule has 2 heterocycles. The van der Waals surface area contributed by atoms with Crippen LogP contribution in [0.5, 0.6) is 0 Å². The molecule has 0 saturated carbocycles. The number of nitrogens with one attached hydrogen (secondary N) is 2. The highest BCUT2D eigenvalue weighted by Gasteiger charge is 2.13. The first-order valence-electron chi connectivity index (χ1n) is 5.85. The fourth-order valence-electron chi connectivity index (χ4n) is 2.00. The fourth-order valence-corrected chi connectivity index (χ4v) is 2.57. The molecule has 88 valence electrons. The number of anilines is 1. The SMILES string of the molecule is Cc1cnc(NC2CCCNCC2)c(Br)c1. The Bertz CT molecular complexity index is 346. The van der Waals surface area contributed by atoms with E-state index in [-0.39, 0.29) is 0 Å². The zero-order valence-corrected chi connectivity index (χ0v) is 11.2. The summed E-state index contributed by atoms with van der Waals surface area (Å²) >= 11 is 3.55. The summed E-state index contributed by atoms with van der Waals surface area (Å²) in [5.74, 6) is 0.970. The minimum absolute atomic E-state index is 0.543. The summed E-state index contributed by atoms with van der Waals surface area (Å²) in [6, 6.07) is 2.64. The number of pyridine rings is 1. The van der Waals surface area contributed by atoms with E-state index in [4.69, 9.17) is 0 Å². The van der Waals surface area contributed by atoms with E-state index in [1.54, 1.807) is 0 Å². The number of aromatic nitrogens is 1. The molecule has 1 aromatic heterocycles. The van der Waals surface area contributed by atoms with Crippen LogP contribution < -0.4 is 10.6 Å². The lowest BCUT2D eigenvalue weighted by atomic mass is 10.1. The number of hydrogen-bond donors (Lipinski definition) is 2. The van der Waals surface area contributed by atoms with Crippen molar-refractivity contribution in [1.82, 2.24) is 10.3 Å². The molecule has 1 atom stereocenters. The van der Waals surface area contributed by atoms with E-state index in [1.807, 2.05) is 6.20 Å². The summed E-state index contributed by atoms with van der Waals surface area (Å²) in [6.45, 7) is 4.29. The molecular formula is C12H18BrN3. The van der Waals surface area contributed by atoms with Crippen molar-refractivity contribution in [2.24, 2.45) is 0 Å². The molecule has 2 N–H and O–H groups in total. The molecule has 1 aliphatic heterocycles. The highest BCUT2D eigenvalue weighted by atomic mass is 79.9. The Morgan fingerprint density at radius 1 is 1.44 bits per heavy atom. The van der Waals surface area contributed by atoms with Crippen LogP contribution in [0.15, 0.2) is 16.7 Å². The van der Waals surface area contributed by atoms with Crippen molar-refractivity contribution in [2.45, 2.75) is 32.2 Å². The van der Waals surface area contributed by atoms with Gasteiger partial charge in [-0.2, -0.15) is 0 Å².